The third-order valence-corrected chi connectivity index (χ3v) is 3.60. The van der Waals surface area contributed by atoms with Crippen LogP contribution in [0.3, 0.4) is 0 Å². The lowest BCUT2D eigenvalue weighted by molar-refractivity contribution is -0.137. The van der Waals surface area contributed by atoms with Crippen LogP contribution in [-0.4, -0.2) is 50.7 Å². The fraction of sp³-hybridized carbons (Fsp3) is 0.538. The average Bonchev–Trinajstić information content (AvgIpc) is 2.93. The van der Waals surface area contributed by atoms with Gasteiger partial charge in [0.2, 0.25) is 5.91 Å². The number of rotatable bonds is 5. The van der Waals surface area contributed by atoms with Gasteiger partial charge in [0.05, 0.1) is 13.0 Å². The highest BCUT2D eigenvalue weighted by atomic mass is 16.4. The number of aliphatic carboxylic acids is 1. The number of aryl methyl sites for hydroxylation is 1. The summed E-state index contributed by atoms with van der Waals surface area (Å²) < 4.78 is 1.44. The molecule has 114 valence electrons. The highest BCUT2D eigenvalue weighted by molar-refractivity contribution is 5.92. The van der Waals surface area contributed by atoms with E-state index in [1.165, 1.54) is 4.68 Å². The predicted molar refractivity (Wildman–Crippen MR) is 72.3 cm³/mol. The number of nitrogens with two attached hydrogens (primary N) is 1. The van der Waals surface area contributed by atoms with Gasteiger partial charge < -0.3 is 15.7 Å². The van der Waals surface area contributed by atoms with Crippen LogP contribution in [0.1, 0.15) is 29.8 Å². The molecule has 2 rings (SSSR count). The standard InChI is InChI=1S/C13H18N4O4/c14-12(20)9-1-5-16(6-2-9)13(21)10-3-7-17(15-10)8-4-11(18)19/h3,7,9H,1-2,4-6,8H2,(H2,14,20)(H,18,19). The smallest absolute Gasteiger partial charge is 0.305 e. The molecule has 1 saturated heterocycles. The van der Waals surface area contributed by atoms with Crippen molar-refractivity contribution in [3.05, 3.63) is 18.0 Å². The molecule has 2 heterocycles. The van der Waals surface area contributed by atoms with E-state index in [0.29, 0.717) is 25.9 Å². The zero-order chi connectivity index (χ0) is 15.4. The maximum atomic E-state index is 12.2. The Morgan fingerprint density at radius 3 is 2.57 bits per heavy atom. The van der Waals surface area contributed by atoms with E-state index in [4.69, 9.17) is 10.8 Å². The van der Waals surface area contributed by atoms with Crippen LogP contribution in [0.15, 0.2) is 12.3 Å². The van der Waals surface area contributed by atoms with E-state index in [2.05, 4.69) is 5.10 Å². The molecule has 1 fully saturated rings. The Morgan fingerprint density at radius 2 is 2.00 bits per heavy atom. The van der Waals surface area contributed by atoms with Crippen LogP contribution < -0.4 is 5.73 Å². The van der Waals surface area contributed by atoms with Crippen molar-refractivity contribution < 1.29 is 19.5 Å². The quantitative estimate of drug-likeness (QED) is 0.772. The van der Waals surface area contributed by atoms with Crippen LogP contribution in [0, 0.1) is 5.92 Å². The summed E-state index contributed by atoms with van der Waals surface area (Å²) in [5.41, 5.74) is 5.54. The van der Waals surface area contributed by atoms with Crippen molar-refractivity contribution in [2.45, 2.75) is 25.8 Å². The van der Waals surface area contributed by atoms with Gasteiger partial charge in [0.25, 0.3) is 5.91 Å². The molecule has 1 aliphatic heterocycles. The van der Waals surface area contributed by atoms with Crippen LogP contribution in [0.2, 0.25) is 0 Å². The molecule has 0 radical (unpaired) electrons. The number of primary amides is 1. The fourth-order valence-corrected chi connectivity index (χ4v) is 2.34. The first-order valence-electron chi connectivity index (χ1n) is 6.81. The third-order valence-electron chi connectivity index (χ3n) is 3.60. The zero-order valence-electron chi connectivity index (χ0n) is 11.6. The molecule has 0 saturated carbocycles. The second-order valence-electron chi connectivity index (χ2n) is 5.08. The molecule has 1 aromatic heterocycles. The van der Waals surface area contributed by atoms with Crippen molar-refractivity contribution in [3.8, 4) is 0 Å². The molecule has 0 unspecified atom stereocenters. The molecule has 0 aromatic carbocycles. The summed E-state index contributed by atoms with van der Waals surface area (Å²) in [6.45, 7) is 1.19. The van der Waals surface area contributed by atoms with Crippen molar-refractivity contribution >= 4 is 17.8 Å². The Labute approximate surface area is 121 Å². The first kappa shape index (κ1) is 15.0. The molecule has 8 nitrogen and oxygen atoms in total. The number of nitrogens with zero attached hydrogens (tertiary/aromatic N) is 3. The van der Waals surface area contributed by atoms with Crippen LogP contribution >= 0.6 is 0 Å². The van der Waals surface area contributed by atoms with Crippen LogP contribution in [0.4, 0.5) is 0 Å². The lowest BCUT2D eigenvalue weighted by Crippen LogP contribution is -2.41. The fourth-order valence-electron chi connectivity index (χ4n) is 2.34. The van der Waals surface area contributed by atoms with Gasteiger partial charge in [-0.25, -0.2) is 0 Å². The summed E-state index contributed by atoms with van der Waals surface area (Å²) in [7, 11) is 0. The zero-order valence-corrected chi connectivity index (χ0v) is 11.6. The molecule has 3 N–H and O–H groups in total. The number of carboxylic acids is 1. The van der Waals surface area contributed by atoms with E-state index >= 15 is 0 Å². The molecule has 0 spiro atoms. The summed E-state index contributed by atoms with van der Waals surface area (Å²) in [6.07, 6.45) is 2.69. The summed E-state index contributed by atoms with van der Waals surface area (Å²) in [4.78, 5) is 35.5. The monoisotopic (exact) mass is 294 g/mol. The number of carbonyl (C=O) groups excluding carboxylic acids is 2. The van der Waals surface area contributed by atoms with Gasteiger partial charge in [-0.2, -0.15) is 5.10 Å². The number of carbonyl (C=O) groups is 3. The Morgan fingerprint density at radius 1 is 1.33 bits per heavy atom. The minimum atomic E-state index is -0.910. The molecule has 2 amide bonds. The van der Waals surface area contributed by atoms with E-state index < -0.39 is 5.97 Å². The Bertz CT molecular complexity index is 546. The van der Waals surface area contributed by atoms with E-state index in [0.717, 1.165) is 0 Å². The summed E-state index contributed by atoms with van der Waals surface area (Å²) in [5.74, 6) is -1.60. The number of piperidine rings is 1. The minimum Gasteiger partial charge on any atom is -0.481 e. The van der Waals surface area contributed by atoms with Crippen molar-refractivity contribution in [3.63, 3.8) is 0 Å². The number of hydrogen-bond acceptors (Lipinski definition) is 4. The van der Waals surface area contributed by atoms with Gasteiger partial charge in [-0.1, -0.05) is 0 Å². The number of likely N-dealkylation sites (tertiary alicyclic amines) is 1. The lowest BCUT2D eigenvalue weighted by Gasteiger charge is -2.29. The lowest BCUT2D eigenvalue weighted by atomic mass is 9.96. The van der Waals surface area contributed by atoms with Crippen molar-refractivity contribution in [2.75, 3.05) is 13.1 Å². The normalized spacial score (nSPS) is 15.9. The predicted octanol–water partition coefficient (Wildman–Crippen LogP) is -0.305. The molecule has 1 aromatic rings. The molecule has 1 aliphatic rings. The van der Waals surface area contributed by atoms with Crippen LogP contribution in [-0.2, 0) is 16.1 Å². The Kier molecular flexibility index (Phi) is 4.56. The van der Waals surface area contributed by atoms with E-state index in [1.807, 2.05) is 0 Å². The second-order valence-corrected chi connectivity index (χ2v) is 5.08. The number of aromatic nitrogens is 2. The molecular formula is C13H18N4O4. The number of hydrogen-bond donors (Lipinski definition) is 2. The van der Waals surface area contributed by atoms with E-state index in [9.17, 15) is 14.4 Å². The van der Waals surface area contributed by atoms with E-state index in [-0.39, 0.29) is 36.4 Å². The van der Waals surface area contributed by atoms with Gasteiger partial charge in [-0.15, -0.1) is 0 Å². The van der Waals surface area contributed by atoms with Crippen molar-refractivity contribution in [1.29, 1.82) is 0 Å². The molecule has 0 atom stereocenters. The second kappa shape index (κ2) is 6.38. The molecule has 0 bridgehead atoms. The van der Waals surface area contributed by atoms with Gasteiger partial charge in [-0.05, 0) is 18.9 Å². The van der Waals surface area contributed by atoms with Crippen molar-refractivity contribution in [2.24, 2.45) is 11.7 Å². The maximum Gasteiger partial charge on any atom is 0.305 e. The van der Waals surface area contributed by atoms with Gasteiger partial charge in [0.15, 0.2) is 0 Å². The molecule has 0 aliphatic carbocycles. The van der Waals surface area contributed by atoms with Gasteiger partial charge in [-0.3, -0.25) is 19.1 Å². The Balaban J connectivity index is 1.92. The molecule has 21 heavy (non-hydrogen) atoms. The Hall–Kier alpha value is -2.38. The topological polar surface area (TPSA) is 119 Å². The minimum absolute atomic E-state index is 0.0423. The number of carboxylic acid groups (broad SMARTS) is 1. The van der Waals surface area contributed by atoms with Gasteiger partial charge >= 0.3 is 5.97 Å². The third kappa shape index (κ3) is 3.80. The number of amides is 2. The summed E-state index contributed by atoms with van der Waals surface area (Å²) in [5, 5.41) is 12.7. The molecular weight excluding hydrogens is 276 g/mol. The van der Waals surface area contributed by atoms with Gasteiger partial charge in [0.1, 0.15) is 5.69 Å². The van der Waals surface area contributed by atoms with Gasteiger partial charge in [0, 0.05) is 25.2 Å². The maximum absolute atomic E-state index is 12.2. The average molecular weight is 294 g/mol. The molecule has 8 heteroatoms. The first-order valence-corrected chi connectivity index (χ1v) is 6.81. The first-order chi connectivity index (χ1) is 9.97. The van der Waals surface area contributed by atoms with Crippen LogP contribution in [0.5, 0.6) is 0 Å². The SMILES string of the molecule is NC(=O)C1CCN(C(=O)c2ccn(CCC(=O)O)n2)CC1. The summed E-state index contributed by atoms with van der Waals surface area (Å²) >= 11 is 0. The highest BCUT2D eigenvalue weighted by Crippen LogP contribution is 2.18. The van der Waals surface area contributed by atoms with Crippen LogP contribution in [0.25, 0.3) is 0 Å². The van der Waals surface area contributed by atoms with Crippen molar-refractivity contribution in [1.82, 2.24) is 14.7 Å². The summed E-state index contributed by atoms with van der Waals surface area (Å²) in [6, 6.07) is 1.57. The highest BCUT2D eigenvalue weighted by Gasteiger charge is 2.27. The van der Waals surface area contributed by atoms with E-state index in [1.54, 1.807) is 17.2 Å². The largest absolute Gasteiger partial charge is 0.481 e.